The van der Waals surface area contributed by atoms with Crippen molar-refractivity contribution in [1.29, 1.82) is 0 Å². The zero-order valence-corrected chi connectivity index (χ0v) is 15.6. The summed E-state index contributed by atoms with van der Waals surface area (Å²) < 4.78 is 0. The molecular weight excluding hydrogens is 342 g/mol. The van der Waals surface area contributed by atoms with Gasteiger partial charge in [0.1, 0.15) is 5.82 Å². The Morgan fingerprint density at radius 1 is 1.15 bits per heavy atom. The normalized spacial score (nSPS) is 18.3. The summed E-state index contributed by atoms with van der Waals surface area (Å²) in [5, 5.41) is 0. The third kappa shape index (κ3) is 3.47. The molecule has 0 bridgehead atoms. The molecular formula is C20H25N5O2. The summed E-state index contributed by atoms with van der Waals surface area (Å²) in [5.41, 5.74) is 8.82. The zero-order valence-electron chi connectivity index (χ0n) is 15.6. The Morgan fingerprint density at radius 2 is 1.85 bits per heavy atom. The predicted molar refractivity (Wildman–Crippen MR) is 102 cm³/mol. The minimum atomic E-state index is -0.437. The number of amides is 2. The van der Waals surface area contributed by atoms with Crippen LogP contribution >= 0.6 is 0 Å². The number of H-pyrrole nitrogens is 1. The summed E-state index contributed by atoms with van der Waals surface area (Å²) in [6.07, 6.45) is 3.05. The highest BCUT2D eigenvalue weighted by Crippen LogP contribution is 2.25. The van der Waals surface area contributed by atoms with Gasteiger partial charge in [-0.3, -0.25) is 14.5 Å². The van der Waals surface area contributed by atoms with E-state index in [9.17, 15) is 9.59 Å². The lowest BCUT2D eigenvalue weighted by atomic mass is 10.1. The predicted octanol–water partition coefficient (Wildman–Crippen LogP) is 1.54. The molecule has 142 valence electrons. The summed E-state index contributed by atoms with van der Waals surface area (Å²) in [6.45, 7) is 5.31. The van der Waals surface area contributed by atoms with Crippen LogP contribution in [0.1, 0.15) is 41.5 Å². The first kappa shape index (κ1) is 17.7. The second-order valence-electron chi connectivity index (χ2n) is 7.38. The zero-order chi connectivity index (χ0) is 19.0. The Bertz CT molecular complexity index is 852. The van der Waals surface area contributed by atoms with Gasteiger partial charge in [0.05, 0.1) is 17.4 Å². The van der Waals surface area contributed by atoms with Crippen LogP contribution < -0.4 is 5.73 Å². The lowest BCUT2D eigenvalue weighted by molar-refractivity contribution is -0.135. The fourth-order valence-electron chi connectivity index (χ4n) is 3.93. The Morgan fingerprint density at radius 3 is 2.52 bits per heavy atom. The summed E-state index contributed by atoms with van der Waals surface area (Å²) in [4.78, 5) is 36.2. The quantitative estimate of drug-likeness (QED) is 0.857. The Balaban J connectivity index is 1.48. The van der Waals surface area contributed by atoms with Crippen molar-refractivity contribution in [2.45, 2.75) is 38.8 Å². The van der Waals surface area contributed by atoms with Crippen LogP contribution in [-0.4, -0.2) is 57.3 Å². The molecule has 0 saturated carbocycles. The summed E-state index contributed by atoms with van der Waals surface area (Å²) in [7, 11) is 0. The van der Waals surface area contributed by atoms with Crippen LogP contribution in [0.25, 0.3) is 11.4 Å². The first-order valence-electron chi connectivity index (χ1n) is 9.54. The van der Waals surface area contributed by atoms with E-state index in [2.05, 4.69) is 9.88 Å². The van der Waals surface area contributed by atoms with E-state index in [1.54, 1.807) is 12.1 Å². The van der Waals surface area contributed by atoms with Gasteiger partial charge in [-0.2, -0.15) is 0 Å². The van der Waals surface area contributed by atoms with Gasteiger partial charge in [-0.1, -0.05) is 12.1 Å². The lowest BCUT2D eigenvalue weighted by Crippen LogP contribution is -2.47. The van der Waals surface area contributed by atoms with Gasteiger partial charge in [0.2, 0.25) is 11.8 Å². The van der Waals surface area contributed by atoms with E-state index in [1.807, 2.05) is 24.0 Å². The van der Waals surface area contributed by atoms with Gasteiger partial charge in [0.25, 0.3) is 0 Å². The van der Waals surface area contributed by atoms with Gasteiger partial charge in [-0.15, -0.1) is 0 Å². The fourth-order valence-corrected chi connectivity index (χ4v) is 3.93. The number of aromatic nitrogens is 2. The Hall–Kier alpha value is -2.67. The number of benzene rings is 1. The van der Waals surface area contributed by atoms with E-state index >= 15 is 0 Å². The van der Waals surface area contributed by atoms with Gasteiger partial charge in [-0.25, -0.2) is 4.98 Å². The number of likely N-dealkylation sites (tertiary alicyclic amines) is 1. The van der Waals surface area contributed by atoms with Crippen molar-refractivity contribution in [2.24, 2.45) is 5.73 Å². The van der Waals surface area contributed by atoms with Crippen LogP contribution in [0.5, 0.6) is 0 Å². The molecule has 7 nitrogen and oxygen atoms in total. The molecule has 27 heavy (non-hydrogen) atoms. The number of nitrogens with zero attached hydrogens (tertiary/aromatic N) is 3. The molecule has 1 atom stereocenters. The van der Waals surface area contributed by atoms with Crippen molar-refractivity contribution in [1.82, 2.24) is 19.8 Å². The Labute approximate surface area is 158 Å². The standard InChI is InChI=1S/C20H25N5O2/c1-13(20(27)24-9-2-3-10-24)25-11-8-16-17(12-25)23-19(22-16)15-6-4-14(5-7-15)18(21)26/h4-7,13H,2-3,8-12H2,1H3,(H2,21,26)(H,22,23). The number of carbonyl (C=O) groups excluding carboxylic acids is 2. The van der Waals surface area contributed by atoms with E-state index < -0.39 is 5.91 Å². The molecule has 0 aliphatic carbocycles. The van der Waals surface area contributed by atoms with Crippen LogP contribution in [0.4, 0.5) is 0 Å². The number of nitrogens with one attached hydrogen (secondary N) is 1. The molecule has 2 aliphatic heterocycles. The van der Waals surface area contributed by atoms with E-state index in [1.165, 1.54) is 0 Å². The van der Waals surface area contributed by atoms with Crippen LogP contribution in [0.15, 0.2) is 24.3 Å². The highest BCUT2D eigenvalue weighted by molar-refractivity contribution is 5.93. The monoisotopic (exact) mass is 367 g/mol. The SMILES string of the molecule is CC(C(=O)N1CCCC1)N1CCc2nc(-c3ccc(C(N)=O)cc3)[nH]c2C1. The highest BCUT2D eigenvalue weighted by atomic mass is 16.2. The minimum absolute atomic E-state index is 0.113. The van der Waals surface area contributed by atoms with Gasteiger partial charge in [0, 0.05) is 43.7 Å². The number of aromatic amines is 1. The summed E-state index contributed by atoms with van der Waals surface area (Å²) in [6, 6.07) is 7.01. The first-order chi connectivity index (χ1) is 13.0. The van der Waals surface area contributed by atoms with Gasteiger partial charge >= 0.3 is 0 Å². The second kappa shape index (κ2) is 7.15. The number of fused-ring (bicyclic) bond motifs is 1. The number of hydrogen-bond acceptors (Lipinski definition) is 4. The number of primary amides is 1. The summed E-state index contributed by atoms with van der Waals surface area (Å²) >= 11 is 0. The molecule has 1 fully saturated rings. The molecule has 2 amide bonds. The topological polar surface area (TPSA) is 95.3 Å². The maximum absolute atomic E-state index is 12.7. The molecule has 7 heteroatoms. The molecule has 2 aromatic rings. The summed E-state index contributed by atoms with van der Waals surface area (Å²) in [5.74, 6) is 0.585. The van der Waals surface area contributed by atoms with Crippen LogP contribution in [0.2, 0.25) is 0 Å². The number of imidazole rings is 1. The third-order valence-electron chi connectivity index (χ3n) is 5.63. The number of carbonyl (C=O) groups is 2. The van der Waals surface area contributed by atoms with Crippen molar-refractivity contribution >= 4 is 11.8 Å². The average molecular weight is 367 g/mol. The minimum Gasteiger partial charge on any atom is -0.366 e. The third-order valence-corrected chi connectivity index (χ3v) is 5.63. The molecule has 3 N–H and O–H groups in total. The van der Waals surface area contributed by atoms with Crippen molar-refractivity contribution in [2.75, 3.05) is 19.6 Å². The largest absolute Gasteiger partial charge is 0.366 e. The number of rotatable bonds is 4. The molecule has 4 rings (SSSR count). The highest BCUT2D eigenvalue weighted by Gasteiger charge is 2.31. The molecule has 1 aromatic carbocycles. The van der Waals surface area contributed by atoms with Crippen molar-refractivity contribution in [3.8, 4) is 11.4 Å². The van der Waals surface area contributed by atoms with E-state index in [4.69, 9.17) is 10.7 Å². The van der Waals surface area contributed by atoms with Crippen LogP contribution in [0, 0.1) is 0 Å². The maximum Gasteiger partial charge on any atom is 0.248 e. The molecule has 1 unspecified atom stereocenters. The molecule has 1 saturated heterocycles. The van der Waals surface area contributed by atoms with E-state index in [-0.39, 0.29) is 11.9 Å². The smallest absolute Gasteiger partial charge is 0.248 e. The van der Waals surface area contributed by atoms with Crippen LogP contribution in [-0.2, 0) is 17.8 Å². The fraction of sp³-hybridized carbons (Fsp3) is 0.450. The number of hydrogen-bond donors (Lipinski definition) is 2. The molecule has 0 spiro atoms. The van der Waals surface area contributed by atoms with E-state index in [0.717, 1.165) is 61.7 Å². The second-order valence-corrected chi connectivity index (χ2v) is 7.38. The molecule has 2 aliphatic rings. The van der Waals surface area contributed by atoms with Gasteiger partial charge < -0.3 is 15.6 Å². The van der Waals surface area contributed by atoms with Crippen molar-refractivity contribution < 1.29 is 9.59 Å². The molecule has 3 heterocycles. The first-order valence-corrected chi connectivity index (χ1v) is 9.54. The average Bonchev–Trinajstić information content (AvgIpc) is 3.36. The maximum atomic E-state index is 12.7. The molecule has 1 aromatic heterocycles. The number of nitrogens with two attached hydrogens (primary N) is 1. The van der Waals surface area contributed by atoms with Gasteiger partial charge in [0.15, 0.2) is 0 Å². The van der Waals surface area contributed by atoms with Crippen molar-refractivity contribution in [3.05, 3.63) is 41.2 Å². The van der Waals surface area contributed by atoms with Crippen LogP contribution in [0.3, 0.4) is 0 Å². The van der Waals surface area contributed by atoms with Gasteiger partial charge in [-0.05, 0) is 31.9 Å². The lowest BCUT2D eigenvalue weighted by Gasteiger charge is -2.33. The van der Waals surface area contributed by atoms with E-state index in [0.29, 0.717) is 12.1 Å². The Kier molecular flexibility index (Phi) is 4.70. The van der Waals surface area contributed by atoms with Crippen molar-refractivity contribution in [3.63, 3.8) is 0 Å². The molecule has 0 radical (unpaired) electrons.